The molecular weight excluding hydrogens is 232 g/mol. The summed E-state index contributed by atoms with van der Waals surface area (Å²) in [6, 6.07) is 4.08. The summed E-state index contributed by atoms with van der Waals surface area (Å²) in [6.07, 6.45) is 4.47. The molecule has 4 heteroatoms. The van der Waals surface area contributed by atoms with Crippen LogP contribution in [0.4, 0.5) is 0 Å². The third-order valence-electron chi connectivity index (χ3n) is 3.37. The quantitative estimate of drug-likeness (QED) is 0.886. The minimum Gasteiger partial charge on any atom is -0.386 e. The van der Waals surface area contributed by atoms with E-state index in [1.807, 2.05) is 17.6 Å². The lowest BCUT2D eigenvalue weighted by molar-refractivity contribution is 0.130. The Morgan fingerprint density at radius 1 is 1.41 bits per heavy atom. The van der Waals surface area contributed by atoms with E-state index in [0.29, 0.717) is 0 Å². The highest BCUT2D eigenvalue weighted by molar-refractivity contribution is 7.07. The molecule has 0 saturated heterocycles. The zero-order valence-corrected chi connectivity index (χ0v) is 10.2. The molecule has 17 heavy (non-hydrogen) atoms. The highest BCUT2D eigenvalue weighted by Gasteiger charge is 2.29. The Labute approximate surface area is 104 Å². The van der Waals surface area contributed by atoms with Crippen molar-refractivity contribution in [2.24, 2.45) is 0 Å². The summed E-state index contributed by atoms with van der Waals surface area (Å²) in [5, 5.41) is 12.3. The van der Waals surface area contributed by atoms with Crippen LogP contribution in [0.1, 0.15) is 41.8 Å². The van der Waals surface area contributed by atoms with Gasteiger partial charge in [-0.15, -0.1) is 11.3 Å². The average Bonchev–Trinajstić information content (AvgIpc) is 2.91. The third-order valence-corrected chi connectivity index (χ3v) is 3.98. The molecule has 2 unspecified atom stereocenters. The molecule has 0 bridgehead atoms. The van der Waals surface area contributed by atoms with Crippen LogP contribution in [0.2, 0.25) is 0 Å². The van der Waals surface area contributed by atoms with Crippen molar-refractivity contribution in [1.82, 2.24) is 9.97 Å². The maximum Gasteiger partial charge on any atom is 0.105 e. The first-order valence-corrected chi connectivity index (χ1v) is 6.80. The van der Waals surface area contributed by atoms with Crippen molar-refractivity contribution in [1.29, 1.82) is 0 Å². The molecule has 0 aromatic carbocycles. The first-order chi connectivity index (χ1) is 8.36. The molecule has 2 heterocycles. The number of aromatic nitrogens is 2. The van der Waals surface area contributed by atoms with E-state index in [2.05, 4.69) is 16.0 Å². The monoisotopic (exact) mass is 246 g/mol. The zero-order chi connectivity index (χ0) is 11.7. The number of thiazole rings is 1. The Hall–Kier alpha value is -1.26. The Balaban J connectivity index is 1.95. The summed E-state index contributed by atoms with van der Waals surface area (Å²) in [7, 11) is 0. The number of nitrogens with zero attached hydrogens (tertiary/aromatic N) is 2. The second-order valence-corrected chi connectivity index (χ2v) is 5.12. The maximum atomic E-state index is 10.4. The van der Waals surface area contributed by atoms with Gasteiger partial charge in [0.15, 0.2) is 0 Å². The second-order valence-electron chi connectivity index (χ2n) is 4.40. The van der Waals surface area contributed by atoms with Gasteiger partial charge >= 0.3 is 0 Å². The SMILES string of the molecule is OC(c1cscn1)C1CCCc2cccnc21. The van der Waals surface area contributed by atoms with Gasteiger partial charge in [-0.05, 0) is 30.9 Å². The predicted molar refractivity (Wildman–Crippen MR) is 67.0 cm³/mol. The summed E-state index contributed by atoms with van der Waals surface area (Å²) in [5.41, 5.74) is 4.87. The summed E-state index contributed by atoms with van der Waals surface area (Å²) in [5.74, 6) is 0.0991. The summed E-state index contributed by atoms with van der Waals surface area (Å²) >= 11 is 1.52. The molecule has 0 fully saturated rings. The molecule has 1 aliphatic carbocycles. The van der Waals surface area contributed by atoms with E-state index in [1.54, 1.807) is 5.51 Å². The molecule has 0 radical (unpaired) electrons. The van der Waals surface area contributed by atoms with E-state index >= 15 is 0 Å². The first kappa shape index (κ1) is 10.9. The molecule has 0 aliphatic heterocycles. The number of rotatable bonds is 2. The highest BCUT2D eigenvalue weighted by Crippen LogP contribution is 2.38. The fourth-order valence-corrected chi connectivity index (χ4v) is 3.11. The third kappa shape index (κ3) is 1.98. The van der Waals surface area contributed by atoms with Crippen LogP contribution in [-0.2, 0) is 6.42 Å². The topological polar surface area (TPSA) is 46.0 Å². The normalized spacial score (nSPS) is 20.9. The van der Waals surface area contributed by atoms with E-state index in [0.717, 1.165) is 30.7 Å². The van der Waals surface area contributed by atoms with Gasteiger partial charge in [-0.1, -0.05) is 6.07 Å². The van der Waals surface area contributed by atoms with Gasteiger partial charge in [0.1, 0.15) is 6.10 Å². The van der Waals surface area contributed by atoms with Crippen molar-refractivity contribution in [3.8, 4) is 0 Å². The number of aryl methyl sites for hydroxylation is 1. The lowest BCUT2D eigenvalue weighted by Gasteiger charge is -2.27. The van der Waals surface area contributed by atoms with Gasteiger partial charge in [-0.25, -0.2) is 4.98 Å². The number of pyridine rings is 1. The van der Waals surface area contributed by atoms with Gasteiger partial charge < -0.3 is 5.11 Å². The molecule has 3 nitrogen and oxygen atoms in total. The van der Waals surface area contributed by atoms with Crippen molar-refractivity contribution >= 4 is 11.3 Å². The Morgan fingerprint density at radius 3 is 3.18 bits per heavy atom. The van der Waals surface area contributed by atoms with Gasteiger partial charge in [0.25, 0.3) is 0 Å². The number of hydrogen-bond donors (Lipinski definition) is 1. The van der Waals surface area contributed by atoms with Gasteiger partial charge in [-0.2, -0.15) is 0 Å². The summed E-state index contributed by atoms with van der Waals surface area (Å²) in [6.45, 7) is 0. The van der Waals surface area contributed by atoms with Gasteiger partial charge in [0.2, 0.25) is 0 Å². The number of aliphatic hydroxyl groups is 1. The van der Waals surface area contributed by atoms with E-state index in [9.17, 15) is 5.11 Å². The summed E-state index contributed by atoms with van der Waals surface area (Å²) < 4.78 is 0. The van der Waals surface area contributed by atoms with Gasteiger partial charge in [0.05, 0.1) is 11.2 Å². The van der Waals surface area contributed by atoms with Crippen LogP contribution in [0.3, 0.4) is 0 Å². The Kier molecular flexibility index (Phi) is 2.91. The van der Waals surface area contributed by atoms with E-state index in [1.165, 1.54) is 16.9 Å². The average molecular weight is 246 g/mol. The van der Waals surface area contributed by atoms with Crippen molar-refractivity contribution in [2.45, 2.75) is 31.3 Å². The molecule has 0 spiro atoms. The molecule has 3 rings (SSSR count). The number of hydrogen-bond acceptors (Lipinski definition) is 4. The van der Waals surface area contributed by atoms with Crippen LogP contribution in [0.15, 0.2) is 29.2 Å². The van der Waals surface area contributed by atoms with Crippen LogP contribution in [0, 0.1) is 0 Å². The predicted octanol–water partition coefficient (Wildman–Crippen LogP) is 2.69. The van der Waals surface area contributed by atoms with Crippen molar-refractivity contribution in [3.63, 3.8) is 0 Å². The Morgan fingerprint density at radius 2 is 2.35 bits per heavy atom. The first-order valence-electron chi connectivity index (χ1n) is 5.86. The molecule has 88 valence electrons. The fraction of sp³-hybridized carbons (Fsp3) is 0.385. The van der Waals surface area contributed by atoms with E-state index < -0.39 is 6.10 Å². The molecule has 2 aromatic rings. The van der Waals surface area contributed by atoms with Gasteiger partial charge in [-0.3, -0.25) is 4.98 Å². The van der Waals surface area contributed by atoms with Crippen LogP contribution in [0.25, 0.3) is 0 Å². The second kappa shape index (κ2) is 4.55. The van der Waals surface area contributed by atoms with Crippen molar-refractivity contribution in [3.05, 3.63) is 46.2 Å². The minimum atomic E-state index is -0.518. The molecule has 1 N–H and O–H groups in total. The maximum absolute atomic E-state index is 10.4. The van der Waals surface area contributed by atoms with E-state index in [-0.39, 0.29) is 5.92 Å². The molecule has 0 saturated carbocycles. The fourth-order valence-electron chi connectivity index (χ4n) is 2.53. The van der Waals surface area contributed by atoms with Gasteiger partial charge in [0, 0.05) is 23.2 Å². The molecular formula is C13H14N2OS. The lowest BCUT2D eigenvalue weighted by Crippen LogP contribution is -2.18. The molecule has 2 atom stereocenters. The number of fused-ring (bicyclic) bond motifs is 1. The standard InChI is InChI=1S/C13H14N2OS/c16-13(11-7-17-8-15-11)10-5-1-3-9-4-2-6-14-12(9)10/h2,4,6-8,10,13,16H,1,3,5H2. The molecule has 0 amide bonds. The van der Waals surface area contributed by atoms with Crippen LogP contribution in [0.5, 0.6) is 0 Å². The zero-order valence-electron chi connectivity index (χ0n) is 9.41. The minimum absolute atomic E-state index is 0.0991. The highest BCUT2D eigenvalue weighted by atomic mass is 32.1. The number of aliphatic hydroxyl groups excluding tert-OH is 1. The summed E-state index contributed by atoms with van der Waals surface area (Å²) in [4.78, 5) is 8.65. The Bertz CT molecular complexity index is 498. The smallest absolute Gasteiger partial charge is 0.105 e. The molecule has 2 aromatic heterocycles. The largest absolute Gasteiger partial charge is 0.386 e. The van der Waals surface area contributed by atoms with Crippen LogP contribution < -0.4 is 0 Å². The van der Waals surface area contributed by atoms with Crippen LogP contribution in [-0.4, -0.2) is 15.1 Å². The molecule has 1 aliphatic rings. The van der Waals surface area contributed by atoms with Crippen molar-refractivity contribution in [2.75, 3.05) is 0 Å². The van der Waals surface area contributed by atoms with Crippen molar-refractivity contribution < 1.29 is 5.11 Å². The van der Waals surface area contributed by atoms with Crippen LogP contribution >= 0.6 is 11.3 Å². The van der Waals surface area contributed by atoms with E-state index in [4.69, 9.17) is 0 Å². The lowest BCUT2D eigenvalue weighted by atomic mass is 9.82.